The summed E-state index contributed by atoms with van der Waals surface area (Å²) < 4.78 is 31.3. The summed E-state index contributed by atoms with van der Waals surface area (Å²) in [5.74, 6) is 1.70. The van der Waals surface area contributed by atoms with Gasteiger partial charge in [-0.3, -0.25) is 0 Å². The van der Waals surface area contributed by atoms with E-state index in [2.05, 4.69) is 34.6 Å². The van der Waals surface area contributed by atoms with E-state index >= 15 is 0 Å². The van der Waals surface area contributed by atoms with Gasteiger partial charge < -0.3 is 15.2 Å². The zero-order chi connectivity index (χ0) is 20.3. The summed E-state index contributed by atoms with van der Waals surface area (Å²) in [4.78, 5) is 4.47. The van der Waals surface area contributed by atoms with Gasteiger partial charge in [-0.2, -0.15) is 0 Å². The second-order valence-electron chi connectivity index (χ2n) is 6.25. The molecular weight excluding hydrogens is 493 g/mol. The van der Waals surface area contributed by atoms with E-state index < -0.39 is 10.0 Å². The summed E-state index contributed by atoms with van der Waals surface area (Å²) in [6.45, 7) is 12.2. The Morgan fingerprint density at radius 2 is 1.82 bits per heavy atom. The minimum Gasteiger partial charge on any atom is -0.359 e. The Morgan fingerprint density at radius 1 is 1.18 bits per heavy atom. The molecule has 0 radical (unpaired) electrons. The van der Waals surface area contributed by atoms with E-state index in [1.165, 1.54) is 4.31 Å². The van der Waals surface area contributed by atoms with Gasteiger partial charge in [-0.1, -0.05) is 32.9 Å². The van der Waals surface area contributed by atoms with Crippen LogP contribution in [0.4, 0.5) is 0 Å². The number of hydrogen-bond donors (Lipinski definition) is 2. The van der Waals surface area contributed by atoms with Crippen molar-refractivity contribution in [3.63, 3.8) is 0 Å². The smallest absolute Gasteiger partial charge is 0.215 e. The van der Waals surface area contributed by atoms with Crippen molar-refractivity contribution < 1.29 is 12.9 Å². The lowest BCUT2D eigenvalue weighted by Gasteiger charge is -2.19. The largest absolute Gasteiger partial charge is 0.359 e. The molecule has 2 N–H and O–H groups in total. The SMILES string of the molecule is CCNC(=NCc1cc(C(CC)CC)no1)NCCS(=O)(=O)N(CC)CC.I. The molecule has 0 saturated carbocycles. The van der Waals surface area contributed by atoms with Crippen molar-refractivity contribution in [2.24, 2.45) is 4.99 Å². The number of guanidine groups is 1. The van der Waals surface area contributed by atoms with E-state index in [0.29, 0.717) is 50.4 Å². The number of halogens is 1. The summed E-state index contributed by atoms with van der Waals surface area (Å²) in [7, 11) is -3.25. The first kappa shape index (κ1) is 27.1. The Balaban J connectivity index is 0.00000729. The van der Waals surface area contributed by atoms with Crippen LogP contribution in [0.2, 0.25) is 0 Å². The molecule has 0 aliphatic heterocycles. The Bertz CT molecular complexity index is 671. The van der Waals surface area contributed by atoms with Crippen molar-refractivity contribution in [1.29, 1.82) is 0 Å². The third kappa shape index (κ3) is 8.64. The molecule has 0 amide bonds. The van der Waals surface area contributed by atoms with Crippen molar-refractivity contribution in [2.45, 2.75) is 59.9 Å². The molecule has 0 spiro atoms. The number of rotatable bonds is 12. The molecule has 1 aromatic heterocycles. The summed E-state index contributed by atoms with van der Waals surface area (Å²) >= 11 is 0. The third-order valence-electron chi connectivity index (χ3n) is 4.47. The molecule has 164 valence electrons. The highest BCUT2D eigenvalue weighted by Gasteiger charge is 2.18. The van der Waals surface area contributed by atoms with E-state index in [1.807, 2.05) is 26.8 Å². The summed E-state index contributed by atoms with van der Waals surface area (Å²) in [5.41, 5.74) is 0.966. The molecule has 0 aliphatic rings. The fourth-order valence-corrected chi connectivity index (χ4v) is 4.25. The van der Waals surface area contributed by atoms with Gasteiger partial charge in [0.05, 0.1) is 11.4 Å². The first-order chi connectivity index (χ1) is 12.9. The maximum Gasteiger partial charge on any atom is 0.215 e. The van der Waals surface area contributed by atoms with Crippen molar-refractivity contribution in [2.75, 3.05) is 31.9 Å². The average molecular weight is 529 g/mol. The molecule has 1 rings (SSSR count). The number of aromatic nitrogens is 1. The Morgan fingerprint density at radius 3 is 2.36 bits per heavy atom. The number of sulfonamides is 1. The summed E-state index contributed by atoms with van der Waals surface area (Å²) in [5, 5.41) is 10.3. The Hall–Kier alpha value is -0.880. The zero-order valence-corrected chi connectivity index (χ0v) is 20.8. The average Bonchev–Trinajstić information content (AvgIpc) is 3.10. The molecule has 8 nitrogen and oxygen atoms in total. The fourth-order valence-electron chi connectivity index (χ4n) is 2.85. The van der Waals surface area contributed by atoms with Crippen LogP contribution < -0.4 is 10.6 Å². The normalized spacial score (nSPS) is 12.3. The lowest BCUT2D eigenvalue weighted by molar-refractivity contribution is 0.372. The zero-order valence-electron chi connectivity index (χ0n) is 17.7. The van der Waals surface area contributed by atoms with Gasteiger partial charge in [0.15, 0.2) is 11.7 Å². The van der Waals surface area contributed by atoms with Crippen LogP contribution in [-0.2, 0) is 16.6 Å². The van der Waals surface area contributed by atoms with Crippen LogP contribution in [0.25, 0.3) is 0 Å². The predicted molar refractivity (Wildman–Crippen MR) is 125 cm³/mol. The second-order valence-corrected chi connectivity index (χ2v) is 8.34. The molecule has 0 atom stereocenters. The molecule has 1 heterocycles. The van der Waals surface area contributed by atoms with E-state index in [-0.39, 0.29) is 29.7 Å². The van der Waals surface area contributed by atoms with Gasteiger partial charge in [0.1, 0.15) is 6.54 Å². The van der Waals surface area contributed by atoms with Gasteiger partial charge in [0.25, 0.3) is 0 Å². The third-order valence-corrected chi connectivity index (χ3v) is 6.49. The van der Waals surface area contributed by atoms with Crippen molar-refractivity contribution >= 4 is 40.0 Å². The lowest BCUT2D eigenvalue weighted by Crippen LogP contribution is -2.42. The molecule has 0 aromatic carbocycles. The van der Waals surface area contributed by atoms with E-state index in [0.717, 1.165) is 18.5 Å². The molecule has 0 aliphatic carbocycles. The van der Waals surface area contributed by atoms with Crippen LogP contribution in [0.1, 0.15) is 64.8 Å². The van der Waals surface area contributed by atoms with Crippen LogP contribution in [0.15, 0.2) is 15.6 Å². The predicted octanol–water partition coefficient (Wildman–Crippen LogP) is 2.92. The van der Waals surface area contributed by atoms with E-state index in [4.69, 9.17) is 4.52 Å². The number of hydrogen-bond acceptors (Lipinski definition) is 5. The van der Waals surface area contributed by atoms with Crippen molar-refractivity contribution in [1.82, 2.24) is 20.1 Å². The van der Waals surface area contributed by atoms with E-state index in [9.17, 15) is 8.42 Å². The topological polar surface area (TPSA) is 99.8 Å². The minimum absolute atomic E-state index is 0. The summed E-state index contributed by atoms with van der Waals surface area (Å²) in [6, 6.07) is 1.95. The number of aliphatic imine (C=N–C) groups is 1. The van der Waals surface area contributed by atoms with Crippen LogP contribution in [0.5, 0.6) is 0 Å². The molecule has 0 fully saturated rings. The molecule has 0 saturated heterocycles. The first-order valence-electron chi connectivity index (χ1n) is 9.87. The van der Waals surface area contributed by atoms with Gasteiger partial charge in [0.2, 0.25) is 10.0 Å². The lowest BCUT2D eigenvalue weighted by atomic mass is 9.99. The number of nitrogens with one attached hydrogen (secondary N) is 2. The van der Waals surface area contributed by atoms with Crippen LogP contribution in [0, 0.1) is 0 Å². The summed E-state index contributed by atoms with van der Waals surface area (Å²) in [6.07, 6.45) is 2.05. The van der Waals surface area contributed by atoms with Crippen LogP contribution in [-0.4, -0.2) is 55.8 Å². The van der Waals surface area contributed by atoms with Gasteiger partial charge in [0, 0.05) is 38.2 Å². The molecule has 1 aromatic rings. The highest BCUT2D eigenvalue weighted by molar-refractivity contribution is 14.0. The van der Waals surface area contributed by atoms with Gasteiger partial charge >= 0.3 is 0 Å². The van der Waals surface area contributed by atoms with Gasteiger partial charge in [-0.15, -0.1) is 24.0 Å². The van der Waals surface area contributed by atoms with Crippen molar-refractivity contribution in [3.05, 3.63) is 17.5 Å². The first-order valence-corrected chi connectivity index (χ1v) is 11.5. The Kier molecular flexibility index (Phi) is 13.7. The highest BCUT2D eigenvalue weighted by Crippen LogP contribution is 2.22. The fraction of sp³-hybridized carbons (Fsp3) is 0.778. The molecular formula is C18H36IN5O3S. The van der Waals surface area contributed by atoms with Crippen molar-refractivity contribution in [3.8, 4) is 0 Å². The van der Waals surface area contributed by atoms with Gasteiger partial charge in [-0.25, -0.2) is 17.7 Å². The quantitative estimate of drug-likeness (QED) is 0.246. The maximum atomic E-state index is 12.2. The Labute approximate surface area is 187 Å². The van der Waals surface area contributed by atoms with Crippen LogP contribution in [0.3, 0.4) is 0 Å². The van der Waals surface area contributed by atoms with Crippen LogP contribution >= 0.6 is 24.0 Å². The monoisotopic (exact) mass is 529 g/mol. The minimum atomic E-state index is -3.25. The molecule has 0 unspecified atom stereocenters. The highest BCUT2D eigenvalue weighted by atomic mass is 127. The molecule has 28 heavy (non-hydrogen) atoms. The molecule has 0 bridgehead atoms. The van der Waals surface area contributed by atoms with Gasteiger partial charge in [-0.05, 0) is 19.8 Å². The van der Waals surface area contributed by atoms with E-state index in [1.54, 1.807) is 0 Å². The second kappa shape index (κ2) is 14.2. The number of nitrogens with zero attached hydrogens (tertiary/aromatic N) is 3. The standard InChI is InChI=1S/C18H35N5O3S.HI/c1-6-15(7-2)17-13-16(26-22-17)14-21-18(19-8-3)20-11-12-27(24,25)23(9-4)10-5;/h13,15H,6-12,14H2,1-5H3,(H2,19,20,21);1H. The molecule has 10 heteroatoms. The maximum absolute atomic E-state index is 12.2.